The van der Waals surface area contributed by atoms with Gasteiger partial charge in [0.2, 0.25) is 0 Å². The minimum atomic E-state index is -0.900. The Labute approximate surface area is 141 Å². The van der Waals surface area contributed by atoms with Gasteiger partial charge < -0.3 is 15.7 Å². The second-order valence-electron chi connectivity index (χ2n) is 6.09. The number of fused-ring (bicyclic) bond motifs is 1. The molecule has 0 spiro atoms. The zero-order valence-electron chi connectivity index (χ0n) is 13.8. The maximum absolute atomic E-state index is 12.0. The molecule has 0 saturated heterocycles. The third-order valence-electron chi connectivity index (χ3n) is 3.71. The molecule has 2 amide bonds. The first kappa shape index (κ1) is 17.6. The van der Waals surface area contributed by atoms with Gasteiger partial charge in [-0.2, -0.15) is 11.8 Å². The Balaban J connectivity index is 1.94. The van der Waals surface area contributed by atoms with E-state index in [9.17, 15) is 9.90 Å². The summed E-state index contributed by atoms with van der Waals surface area (Å²) < 4.78 is 0. The van der Waals surface area contributed by atoms with Crippen LogP contribution in [0, 0.1) is 0 Å². The molecule has 0 bridgehead atoms. The van der Waals surface area contributed by atoms with E-state index >= 15 is 0 Å². The van der Waals surface area contributed by atoms with Crippen LogP contribution in [-0.2, 0) is 0 Å². The van der Waals surface area contributed by atoms with E-state index in [-0.39, 0.29) is 18.6 Å². The molecule has 2 atom stereocenters. The van der Waals surface area contributed by atoms with E-state index in [0.717, 1.165) is 10.9 Å². The van der Waals surface area contributed by atoms with Crippen LogP contribution >= 0.6 is 11.8 Å². The summed E-state index contributed by atoms with van der Waals surface area (Å²) in [6.45, 7) is 3.89. The van der Waals surface area contributed by atoms with E-state index < -0.39 is 5.60 Å². The first-order valence-electron chi connectivity index (χ1n) is 7.66. The maximum atomic E-state index is 12.0. The lowest BCUT2D eigenvalue weighted by Crippen LogP contribution is -2.46. The van der Waals surface area contributed by atoms with E-state index in [1.165, 1.54) is 5.39 Å². The SMILES string of the molecule is CSCC(C)(O)CNC(=O)NC(C)c1ccc2ccccc2c1. The van der Waals surface area contributed by atoms with Crippen LogP contribution in [0.15, 0.2) is 42.5 Å². The molecule has 2 aromatic carbocycles. The number of rotatable bonds is 6. The van der Waals surface area contributed by atoms with Crippen molar-refractivity contribution in [2.75, 3.05) is 18.6 Å². The molecule has 4 nitrogen and oxygen atoms in total. The fourth-order valence-corrected chi connectivity index (χ4v) is 3.16. The Morgan fingerprint density at radius 1 is 1.26 bits per heavy atom. The molecule has 124 valence electrons. The average molecular weight is 332 g/mol. The monoisotopic (exact) mass is 332 g/mol. The minimum absolute atomic E-state index is 0.106. The van der Waals surface area contributed by atoms with Crippen LogP contribution in [0.3, 0.4) is 0 Å². The molecule has 0 heterocycles. The molecule has 0 radical (unpaired) electrons. The maximum Gasteiger partial charge on any atom is 0.315 e. The van der Waals surface area contributed by atoms with Crippen molar-refractivity contribution in [2.24, 2.45) is 0 Å². The molecular formula is C18H24N2O2S. The molecule has 23 heavy (non-hydrogen) atoms. The lowest BCUT2D eigenvalue weighted by molar-refractivity contribution is 0.0868. The van der Waals surface area contributed by atoms with Crippen LogP contribution in [0.1, 0.15) is 25.5 Å². The van der Waals surface area contributed by atoms with Gasteiger partial charge in [-0.15, -0.1) is 0 Å². The Morgan fingerprint density at radius 3 is 2.65 bits per heavy atom. The van der Waals surface area contributed by atoms with E-state index in [2.05, 4.69) is 34.9 Å². The highest BCUT2D eigenvalue weighted by atomic mass is 32.2. The molecule has 0 aliphatic rings. The van der Waals surface area contributed by atoms with Crippen molar-refractivity contribution in [3.8, 4) is 0 Å². The number of carbonyl (C=O) groups excluding carboxylic acids is 1. The number of urea groups is 1. The largest absolute Gasteiger partial charge is 0.387 e. The van der Waals surface area contributed by atoms with Gasteiger partial charge in [0.25, 0.3) is 0 Å². The van der Waals surface area contributed by atoms with Gasteiger partial charge in [-0.05, 0) is 42.5 Å². The number of aliphatic hydroxyl groups is 1. The van der Waals surface area contributed by atoms with Crippen molar-refractivity contribution >= 4 is 28.6 Å². The first-order chi connectivity index (χ1) is 10.9. The number of amides is 2. The molecular weight excluding hydrogens is 308 g/mol. The molecule has 2 unspecified atom stereocenters. The minimum Gasteiger partial charge on any atom is -0.387 e. The third-order valence-corrected chi connectivity index (χ3v) is 4.62. The van der Waals surface area contributed by atoms with Gasteiger partial charge in [0.05, 0.1) is 11.6 Å². The van der Waals surface area contributed by atoms with Crippen LogP contribution in [0.5, 0.6) is 0 Å². The van der Waals surface area contributed by atoms with E-state index in [0.29, 0.717) is 5.75 Å². The third kappa shape index (κ3) is 5.15. The van der Waals surface area contributed by atoms with Gasteiger partial charge in [-0.25, -0.2) is 4.79 Å². The standard InChI is InChI=1S/C18H24N2O2S/c1-13(20-17(21)19-11-18(2,22)12-23-3)15-9-8-14-6-4-5-7-16(14)10-15/h4-10,13,22H,11-12H2,1-3H3,(H2,19,20,21). The Kier molecular flexibility index (Phi) is 5.91. The zero-order chi connectivity index (χ0) is 16.9. The van der Waals surface area contributed by atoms with E-state index in [1.807, 2.05) is 31.4 Å². The lowest BCUT2D eigenvalue weighted by Gasteiger charge is -2.23. The van der Waals surface area contributed by atoms with Crippen molar-refractivity contribution in [1.29, 1.82) is 0 Å². The molecule has 0 aliphatic carbocycles. The molecule has 2 rings (SSSR count). The second-order valence-corrected chi connectivity index (χ2v) is 6.95. The summed E-state index contributed by atoms with van der Waals surface area (Å²) >= 11 is 1.55. The highest BCUT2D eigenvalue weighted by Gasteiger charge is 2.20. The molecule has 0 saturated carbocycles. The van der Waals surface area contributed by atoms with Gasteiger partial charge in [0, 0.05) is 12.3 Å². The second kappa shape index (κ2) is 7.70. The van der Waals surface area contributed by atoms with Gasteiger partial charge in [-0.3, -0.25) is 0 Å². The summed E-state index contributed by atoms with van der Waals surface area (Å²) in [6, 6.07) is 13.9. The molecule has 0 aliphatic heterocycles. The van der Waals surface area contributed by atoms with Gasteiger partial charge in [0.1, 0.15) is 0 Å². The van der Waals surface area contributed by atoms with E-state index in [1.54, 1.807) is 18.7 Å². The van der Waals surface area contributed by atoms with Gasteiger partial charge in [-0.1, -0.05) is 36.4 Å². The van der Waals surface area contributed by atoms with Crippen molar-refractivity contribution in [1.82, 2.24) is 10.6 Å². The van der Waals surface area contributed by atoms with Gasteiger partial charge >= 0.3 is 6.03 Å². The number of thioether (sulfide) groups is 1. The van der Waals surface area contributed by atoms with E-state index in [4.69, 9.17) is 0 Å². The highest BCUT2D eigenvalue weighted by molar-refractivity contribution is 7.98. The van der Waals surface area contributed by atoms with Crippen LogP contribution < -0.4 is 10.6 Å². The van der Waals surface area contributed by atoms with Crippen molar-refractivity contribution < 1.29 is 9.90 Å². The molecule has 3 N–H and O–H groups in total. The molecule has 0 aromatic heterocycles. The summed E-state index contributed by atoms with van der Waals surface area (Å²) in [5, 5.41) is 18.0. The average Bonchev–Trinajstić information content (AvgIpc) is 2.52. The Hall–Kier alpha value is -1.72. The van der Waals surface area contributed by atoms with Crippen LogP contribution in [0.25, 0.3) is 10.8 Å². The molecule has 2 aromatic rings. The quantitative estimate of drug-likeness (QED) is 0.760. The predicted molar refractivity (Wildman–Crippen MR) is 97.9 cm³/mol. The van der Waals surface area contributed by atoms with Crippen LogP contribution in [0.4, 0.5) is 4.79 Å². The number of hydrogen-bond acceptors (Lipinski definition) is 3. The van der Waals surface area contributed by atoms with Crippen molar-refractivity contribution in [3.63, 3.8) is 0 Å². The van der Waals surface area contributed by atoms with Gasteiger partial charge in [0.15, 0.2) is 0 Å². The number of nitrogens with one attached hydrogen (secondary N) is 2. The Morgan fingerprint density at radius 2 is 1.96 bits per heavy atom. The number of carbonyl (C=O) groups is 1. The summed E-state index contributed by atoms with van der Waals surface area (Å²) in [5.74, 6) is 0.577. The topological polar surface area (TPSA) is 61.4 Å². The highest BCUT2D eigenvalue weighted by Crippen LogP contribution is 2.20. The predicted octanol–water partition coefficient (Wildman–Crippen LogP) is 3.31. The summed E-state index contributed by atoms with van der Waals surface area (Å²) in [5.41, 5.74) is 0.151. The summed E-state index contributed by atoms with van der Waals surface area (Å²) in [7, 11) is 0. The van der Waals surface area contributed by atoms with Crippen molar-refractivity contribution in [3.05, 3.63) is 48.0 Å². The smallest absolute Gasteiger partial charge is 0.315 e. The summed E-state index contributed by atoms with van der Waals surface area (Å²) in [6.07, 6.45) is 1.93. The number of benzene rings is 2. The molecule has 0 fully saturated rings. The molecule has 5 heteroatoms. The first-order valence-corrected chi connectivity index (χ1v) is 9.05. The van der Waals surface area contributed by atoms with Crippen LogP contribution in [0.2, 0.25) is 0 Å². The summed E-state index contributed by atoms with van der Waals surface area (Å²) in [4.78, 5) is 12.0. The Bertz CT molecular complexity index is 673. The fourth-order valence-electron chi connectivity index (χ4n) is 2.44. The fraction of sp³-hybridized carbons (Fsp3) is 0.389. The lowest BCUT2D eigenvalue weighted by atomic mass is 10.0. The van der Waals surface area contributed by atoms with Crippen molar-refractivity contribution in [2.45, 2.75) is 25.5 Å². The zero-order valence-corrected chi connectivity index (χ0v) is 14.6. The normalized spacial score (nSPS) is 15.0. The number of hydrogen-bond donors (Lipinski definition) is 3. The van der Waals surface area contributed by atoms with Crippen LogP contribution in [-0.4, -0.2) is 35.3 Å².